The Morgan fingerprint density at radius 3 is 2.15 bits per heavy atom. The molecule has 0 aliphatic carbocycles. The van der Waals surface area contributed by atoms with E-state index < -0.39 is 31.7 Å². The minimum absolute atomic E-state index is 0.334. The van der Waals surface area contributed by atoms with E-state index in [9.17, 15) is 23.4 Å². The second kappa shape index (κ2) is 5.34. The fourth-order valence-corrected chi connectivity index (χ4v) is 3.20. The molecule has 0 fully saturated rings. The van der Waals surface area contributed by atoms with Crippen LogP contribution in [0.3, 0.4) is 0 Å². The van der Waals surface area contributed by atoms with Crippen LogP contribution in [-0.2, 0) is 15.6 Å². The molecule has 0 atom stereocenters. The summed E-state index contributed by atoms with van der Waals surface area (Å²) in [5.74, 6) is -2.23. The topological polar surface area (TPSA) is 91.7 Å². The minimum Gasteiger partial charge on any atom is -0.503 e. The summed E-state index contributed by atoms with van der Waals surface area (Å²) >= 11 is 0. The van der Waals surface area contributed by atoms with Gasteiger partial charge in [-0.2, -0.15) is 0 Å². The van der Waals surface area contributed by atoms with Gasteiger partial charge in [-0.1, -0.05) is 36.4 Å². The number of benzene rings is 1. The van der Waals surface area contributed by atoms with Crippen LogP contribution in [-0.4, -0.2) is 18.6 Å². The highest BCUT2D eigenvalue weighted by atomic mass is 32.2. The first kappa shape index (κ1) is 14.1. The average Bonchev–Trinajstić information content (AvgIpc) is 2.53. The monoisotopic (exact) mass is 292 g/mol. The van der Waals surface area contributed by atoms with E-state index in [0.29, 0.717) is 5.56 Å². The fourth-order valence-electron chi connectivity index (χ4n) is 1.74. The fraction of sp³-hybridized carbons (Fsp3) is 0.0714. The Morgan fingerprint density at radius 1 is 0.850 bits per heavy atom. The van der Waals surface area contributed by atoms with Gasteiger partial charge >= 0.3 is 0 Å². The maximum absolute atomic E-state index is 12.3. The third-order valence-corrected chi connectivity index (χ3v) is 4.43. The molecule has 2 aromatic carbocycles. The SMILES string of the molecule is O=c1cccc(S(=O)(=O)Cc2ccccc2)c(O)c1O. The number of hydrogen-bond donors (Lipinski definition) is 2. The molecule has 0 heterocycles. The van der Waals surface area contributed by atoms with Crippen molar-refractivity contribution in [3.63, 3.8) is 0 Å². The highest BCUT2D eigenvalue weighted by molar-refractivity contribution is 7.90. The number of hydrogen-bond acceptors (Lipinski definition) is 5. The summed E-state index contributed by atoms with van der Waals surface area (Å²) < 4.78 is 24.5. The summed E-state index contributed by atoms with van der Waals surface area (Å²) in [6, 6.07) is 11.7. The number of aromatic hydroxyl groups is 2. The van der Waals surface area contributed by atoms with E-state index in [2.05, 4.69) is 0 Å². The lowest BCUT2D eigenvalue weighted by molar-refractivity contribution is 0.392. The Labute approximate surface area is 115 Å². The van der Waals surface area contributed by atoms with E-state index in [0.717, 1.165) is 12.1 Å². The third kappa shape index (κ3) is 2.80. The molecule has 0 bridgehead atoms. The molecule has 0 radical (unpaired) electrons. The Kier molecular flexibility index (Phi) is 3.76. The Morgan fingerprint density at radius 2 is 1.50 bits per heavy atom. The first-order valence-electron chi connectivity index (χ1n) is 5.74. The van der Waals surface area contributed by atoms with Crippen molar-refractivity contribution in [2.45, 2.75) is 10.6 Å². The maximum Gasteiger partial charge on any atom is 0.224 e. The van der Waals surface area contributed by atoms with Crippen LogP contribution in [0.1, 0.15) is 5.56 Å². The molecule has 0 unspecified atom stereocenters. The first-order valence-corrected chi connectivity index (χ1v) is 7.39. The van der Waals surface area contributed by atoms with Crippen molar-refractivity contribution in [2.24, 2.45) is 0 Å². The predicted molar refractivity (Wildman–Crippen MR) is 73.4 cm³/mol. The van der Waals surface area contributed by atoms with Crippen molar-refractivity contribution in [2.75, 3.05) is 0 Å². The normalized spacial score (nSPS) is 11.2. The standard InChI is InChI=1S/C14H12O5S/c15-11-7-4-8-12(14(17)13(11)16)20(18,19)9-10-5-2-1-3-6-10/h1-8H,9H2,(H2,15,16,17). The van der Waals surface area contributed by atoms with Gasteiger partial charge < -0.3 is 10.2 Å². The van der Waals surface area contributed by atoms with Crippen molar-refractivity contribution >= 4 is 9.84 Å². The molecule has 0 aromatic heterocycles. The third-order valence-electron chi connectivity index (χ3n) is 2.72. The smallest absolute Gasteiger partial charge is 0.224 e. The lowest BCUT2D eigenvalue weighted by Gasteiger charge is -2.05. The summed E-state index contributed by atoms with van der Waals surface area (Å²) in [5.41, 5.74) is -0.302. The quantitative estimate of drug-likeness (QED) is 0.893. The molecule has 2 rings (SSSR count). The van der Waals surface area contributed by atoms with Crippen LogP contribution in [0.15, 0.2) is 58.2 Å². The van der Waals surface area contributed by atoms with Crippen LogP contribution >= 0.6 is 0 Å². The lowest BCUT2D eigenvalue weighted by Crippen LogP contribution is -2.05. The molecular formula is C14H12O5S. The highest BCUT2D eigenvalue weighted by Gasteiger charge is 2.21. The molecule has 2 aromatic rings. The molecule has 0 aliphatic heterocycles. The Hall–Kier alpha value is -2.34. The van der Waals surface area contributed by atoms with Gasteiger partial charge in [-0.05, 0) is 17.7 Å². The predicted octanol–water partition coefficient (Wildman–Crippen LogP) is 1.43. The maximum atomic E-state index is 12.3. The number of rotatable bonds is 3. The second-order valence-corrected chi connectivity index (χ2v) is 6.15. The molecule has 0 saturated carbocycles. The Bertz CT molecular complexity index is 782. The summed E-state index contributed by atoms with van der Waals surface area (Å²) in [4.78, 5) is 10.8. The van der Waals surface area contributed by atoms with Crippen LogP contribution in [0, 0.1) is 0 Å². The zero-order valence-corrected chi connectivity index (χ0v) is 11.2. The zero-order valence-electron chi connectivity index (χ0n) is 10.4. The van der Waals surface area contributed by atoms with E-state index in [-0.39, 0.29) is 5.75 Å². The lowest BCUT2D eigenvalue weighted by atomic mass is 10.2. The molecule has 104 valence electrons. The van der Waals surface area contributed by atoms with Gasteiger partial charge in [0.2, 0.25) is 11.2 Å². The van der Waals surface area contributed by atoms with Gasteiger partial charge in [-0.15, -0.1) is 0 Å². The second-order valence-electron chi connectivity index (χ2n) is 4.20. The minimum atomic E-state index is -3.88. The summed E-state index contributed by atoms with van der Waals surface area (Å²) in [6.07, 6.45) is 0. The Balaban J connectivity index is 2.54. The van der Waals surface area contributed by atoms with Crippen molar-refractivity contribution in [1.82, 2.24) is 0 Å². The van der Waals surface area contributed by atoms with Gasteiger partial charge in [0.05, 0.1) is 5.75 Å². The van der Waals surface area contributed by atoms with Crippen LogP contribution in [0.4, 0.5) is 0 Å². The van der Waals surface area contributed by atoms with Gasteiger partial charge in [0.1, 0.15) is 4.90 Å². The molecule has 5 nitrogen and oxygen atoms in total. The van der Waals surface area contributed by atoms with Crippen LogP contribution in [0.5, 0.6) is 11.5 Å². The number of sulfone groups is 1. The highest BCUT2D eigenvalue weighted by Crippen LogP contribution is 2.30. The van der Waals surface area contributed by atoms with Gasteiger partial charge in [-0.25, -0.2) is 8.42 Å². The molecule has 0 amide bonds. The molecule has 2 N–H and O–H groups in total. The first-order chi connectivity index (χ1) is 9.42. The van der Waals surface area contributed by atoms with E-state index in [1.807, 2.05) is 0 Å². The van der Waals surface area contributed by atoms with E-state index in [4.69, 9.17) is 0 Å². The molecule has 0 saturated heterocycles. The van der Waals surface area contributed by atoms with Gasteiger partial charge in [-0.3, -0.25) is 4.79 Å². The van der Waals surface area contributed by atoms with E-state index in [1.54, 1.807) is 30.3 Å². The van der Waals surface area contributed by atoms with Gasteiger partial charge in [0, 0.05) is 0 Å². The van der Waals surface area contributed by atoms with E-state index in [1.165, 1.54) is 6.07 Å². The van der Waals surface area contributed by atoms with E-state index >= 15 is 0 Å². The summed E-state index contributed by atoms with van der Waals surface area (Å²) in [7, 11) is -3.88. The summed E-state index contributed by atoms with van der Waals surface area (Å²) in [6.45, 7) is 0. The van der Waals surface area contributed by atoms with Crippen molar-refractivity contribution < 1.29 is 18.6 Å². The van der Waals surface area contributed by atoms with Crippen LogP contribution in [0.2, 0.25) is 0 Å². The molecule has 20 heavy (non-hydrogen) atoms. The average molecular weight is 292 g/mol. The van der Waals surface area contributed by atoms with Crippen molar-refractivity contribution in [3.8, 4) is 11.5 Å². The largest absolute Gasteiger partial charge is 0.503 e. The molecule has 0 spiro atoms. The van der Waals surface area contributed by atoms with Crippen LogP contribution < -0.4 is 5.43 Å². The van der Waals surface area contributed by atoms with Crippen molar-refractivity contribution in [1.29, 1.82) is 0 Å². The van der Waals surface area contributed by atoms with Gasteiger partial charge in [0.25, 0.3) is 0 Å². The van der Waals surface area contributed by atoms with Crippen molar-refractivity contribution in [3.05, 3.63) is 64.3 Å². The molecular weight excluding hydrogens is 280 g/mol. The van der Waals surface area contributed by atoms with Crippen LogP contribution in [0.25, 0.3) is 0 Å². The zero-order chi connectivity index (χ0) is 14.8. The van der Waals surface area contributed by atoms with Gasteiger partial charge in [0.15, 0.2) is 15.6 Å². The molecule has 6 heteroatoms. The summed E-state index contributed by atoms with van der Waals surface area (Å²) in [5, 5.41) is 19.2. The molecule has 0 aliphatic rings.